The summed E-state index contributed by atoms with van der Waals surface area (Å²) in [7, 11) is -3.71. The number of hydrogen-bond donors (Lipinski definition) is 1. The maximum atomic E-state index is 13.5. The number of nitrogens with zero attached hydrogens (tertiary/aromatic N) is 1. The van der Waals surface area contributed by atoms with Crippen LogP contribution in [0.3, 0.4) is 0 Å². The molecule has 0 fully saturated rings. The summed E-state index contributed by atoms with van der Waals surface area (Å²) in [5.41, 5.74) is 3.77. The average molecular weight is 410 g/mol. The van der Waals surface area contributed by atoms with E-state index in [1.165, 1.54) is 6.07 Å². The number of hydrogen-bond acceptors (Lipinski definition) is 3. The summed E-state index contributed by atoms with van der Waals surface area (Å²) in [5.74, 6) is -2.43. The monoisotopic (exact) mass is 410 g/mol. The van der Waals surface area contributed by atoms with Crippen molar-refractivity contribution in [2.75, 3.05) is 22.4 Å². The standard InChI is InChI=1S/C20H24F2N2O3S/c1-13-10-14(2)20(15(3)11-13)23-19(25)6-5-9-24(28(4,26)27)16-7-8-17(21)18(22)12-16/h7-8,10-12H,5-6,9H2,1-4H3,(H,23,25). The molecule has 2 aromatic rings. The smallest absolute Gasteiger partial charge is 0.232 e. The van der Waals surface area contributed by atoms with E-state index in [1.54, 1.807) is 0 Å². The van der Waals surface area contributed by atoms with Crippen molar-refractivity contribution in [3.05, 3.63) is 58.7 Å². The molecule has 2 rings (SSSR count). The first kappa shape index (κ1) is 21.8. The Balaban J connectivity index is 2.04. The molecule has 0 bridgehead atoms. The summed E-state index contributed by atoms with van der Waals surface area (Å²) in [5, 5.41) is 2.86. The molecular formula is C20H24F2N2O3S. The molecule has 5 nitrogen and oxygen atoms in total. The summed E-state index contributed by atoms with van der Waals surface area (Å²) in [6.45, 7) is 5.76. The highest BCUT2D eigenvalue weighted by Crippen LogP contribution is 2.23. The lowest BCUT2D eigenvalue weighted by Crippen LogP contribution is -2.31. The fourth-order valence-corrected chi connectivity index (χ4v) is 4.05. The van der Waals surface area contributed by atoms with Crippen LogP contribution in [0, 0.1) is 32.4 Å². The molecule has 0 aliphatic carbocycles. The van der Waals surface area contributed by atoms with Gasteiger partial charge in [-0.15, -0.1) is 0 Å². The molecule has 8 heteroatoms. The van der Waals surface area contributed by atoms with Crippen molar-refractivity contribution in [1.29, 1.82) is 0 Å². The van der Waals surface area contributed by atoms with Crippen LogP contribution in [0.15, 0.2) is 30.3 Å². The van der Waals surface area contributed by atoms with Crippen LogP contribution < -0.4 is 9.62 Å². The Kier molecular flexibility index (Phi) is 6.77. The number of carbonyl (C=O) groups is 1. The van der Waals surface area contributed by atoms with Gasteiger partial charge in [-0.3, -0.25) is 9.10 Å². The molecule has 0 saturated heterocycles. The molecule has 0 unspecified atom stereocenters. The lowest BCUT2D eigenvalue weighted by atomic mass is 10.0. The van der Waals surface area contributed by atoms with Gasteiger partial charge in [0.05, 0.1) is 11.9 Å². The van der Waals surface area contributed by atoms with Gasteiger partial charge in [0.1, 0.15) is 0 Å². The van der Waals surface area contributed by atoms with Crippen molar-refractivity contribution < 1.29 is 22.0 Å². The minimum absolute atomic E-state index is 0.0204. The number of anilines is 2. The Hall–Kier alpha value is -2.48. The molecule has 0 heterocycles. The summed E-state index contributed by atoms with van der Waals surface area (Å²) in [6, 6.07) is 6.83. The Bertz CT molecular complexity index is 968. The Morgan fingerprint density at radius 2 is 1.64 bits per heavy atom. The van der Waals surface area contributed by atoms with E-state index in [9.17, 15) is 22.0 Å². The third kappa shape index (κ3) is 5.51. The van der Waals surface area contributed by atoms with Gasteiger partial charge >= 0.3 is 0 Å². The van der Waals surface area contributed by atoms with Gasteiger partial charge in [0, 0.05) is 24.7 Å². The zero-order chi connectivity index (χ0) is 21.1. The SMILES string of the molecule is Cc1cc(C)c(NC(=O)CCCN(c2ccc(F)c(F)c2)S(C)(=O)=O)c(C)c1. The molecule has 152 valence electrons. The van der Waals surface area contributed by atoms with Crippen LogP contribution in [-0.4, -0.2) is 27.1 Å². The number of carbonyl (C=O) groups excluding carboxylic acids is 1. The van der Waals surface area contributed by atoms with Gasteiger partial charge in [0.25, 0.3) is 0 Å². The van der Waals surface area contributed by atoms with Crippen LogP contribution in [0.25, 0.3) is 0 Å². The predicted molar refractivity (Wildman–Crippen MR) is 107 cm³/mol. The summed E-state index contributed by atoms with van der Waals surface area (Å²) >= 11 is 0. The van der Waals surface area contributed by atoms with Crippen molar-refractivity contribution in [3.8, 4) is 0 Å². The van der Waals surface area contributed by atoms with Gasteiger partial charge in [-0.1, -0.05) is 17.7 Å². The maximum Gasteiger partial charge on any atom is 0.232 e. The second-order valence-electron chi connectivity index (χ2n) is 6.86. The Labute approximate surface area is 164 Å². The molecule has 0 radical (unpaired) electrons. The highest BCUT2D eigenvalue weighted by atomic mass is 32.2. The first-order chi connectivity index (χ1) is 13.0. The van der Waals surface area contributed by atoms with E-state index >= 15 is 0 Å². The van der Waals surface area contributed by atoms with E-state index in [-0.39, 0.29) is 31.0 Å². The zero-order valence-corrected chi connectivity index (χ0v) is 17.2. The molecule has 0 aliphatic heterocycles. The lowest BCUT2D eigenvalue weighted by Gasteiger charge is -2.22. The number of aryl methyl sites for hydroxylation is 3. The van der Waals surface area contributed by atoms with Crippen molar-refractivity contribution >= 4 is 27.3 Å². The molecule has 0 saturated carbocycles. The first-order valence-corrected chi connectivity index (χ1v) is 10.6. The van der Waals surface area contributed by atoms with Gasteiger partial charge in [-0.2, -0.15) is 0 Å². The van der Waals surface area contributed by atoms with Crippen LogP contribution in [0.1, 0.15) is 29.5 Å². The first-order valence-electron chi connectivity index (χ1n) is 8.79. The van der Waals surface area contributed by atoms with E-state index in [1.807, 2.05) is 32.9 Å². The molecule has 0 aromatic heterocycles. The van der Waals surface area contributed by atoms with Gasteiger partial charge in [0.2, 0.25) is 15.9 Å². The molecule has 0 aliphatic rings. The topological polar surface area (TPSA) is 66.5 Å². The predicted octanol–water partition coefficient (Wildman–Crippen LogP) is 4.07. The number of benzene rings is 2. The van der Waals surface area contributed by atoms with Gasteiger partial charge < -0.3 is 5.32 Å². The average Bonchev–Trinajstić information content (AvgIpc) is 2.56. The van der Waals surface area contributed by atoms with Gasteiger partial charge in [0.15, 0.2) is 11.6 Å². The van der Waals surface area contributed by atoms with Crippen LogP contribution in [-0.2, 0) is 14.8 Å². The van der Waals surface area contributed by atoms with E-state index < -0.39 is 21.7 Å². The van der Waals surface area contributed by atoms with Gasteiger partial charge in [-0.05, 0) is 50.5 Å². The van der Waals surface area contributed by atoms with Crippen LogP contribution in [0.5, 0.6) is 0 Å². The highest BCUT2D eigenvalue weighted by Gasteiger charge is 2.19. The van der Waals surface area contributed by atoms with Crippen molar-refractivity contribution in [2.24, 2.45) is 0 Å². The normalized spacial score (nSPS) is 11.4. The van der Waals surface area contributed by atoms with E-state index in [2.05, 4.69) is 5.32 Å². The largest absolute Gasteiger partial charge is 0.326 e. The van der Waals surface area contributed by atoms with Crippen molar-refractivity contribution in [2.45, 2.75) is 33.6 Å². The molecule has 0 atom stereocenters. The van der Waals surface area contributed by atoms with Crippen LogP contribution in [0.2, 0.25) is 0 Å². The summed E-state index contributed by atoms with van der Waals surface area (Å²) in [6.07, 6.45) is 1.29. The molecule has 28 heavy (non-hydrogen) atoms. The third-order valence-corrected chi connectivity index (χ3v) is 5.49. The molecule has 2 aromatic carbocycles. The fourth-order valence-electron chi connectivity index (χ4n) is 3.09. The quantitative estimate of drug-likeness (QED) is 0.748. The minimum atomic E-state index is -3.71. The number of sulfonamides is 1. The molecule has 1 N–H and O–H groups in total. The van der Waals surface area contributed by atoms with Gasteiger partial charge in [-0.25, -0.2) is 17.2 Å². The van der Waals surface area contributed by atoms with Crippen molar-refractivity contribution in [1.82, 2.24) is 0 Å². The summed E-state index contributed by atoms with van der Waals surface area (Å²) in [4.78, 5) is 12.3. The van der Waals surface area contributed by atoms with E-state index in [4.69, 9.17) is 0 Å². The van der Waals surface area contributed by atoms with E-state index in [0.717, 1.165) is 45.1 Å². The van der Waals surface area contributed by atoms with E-state index in [0.29, 0.717) is 0 Å². The highest BCUT2D eigenvalue weighted by molar-refractivity contribution is 7.92. The number of rotatable bonds is 7. The zero-order valence-electron chi connectivity index (χ0n) is 16.3. The number of nitrogens with one attached hydrogen (secondary N) is 1. The lowest BCUT2D eigenvalue weighted by molar-refractivity contribution is -0.116. The molecular weight excluding hydrogens is 386 g/mol. The summed E-state index contributed by atoms with van der Waals surface area (Å²) < 4.78 is 51.6. The minimum Gasteiger partial charge on any atom is -0.326 e. The molecule has 0 spiro atoms. The Morgan fingerprint density at radius 1 is 1.04 bits per heavy atom. The fraction of sp³-hybridized carbons (Fsp3) is 0.350. The maximum absolute atomic E-state index is 13.5. The number of halogens is 2. The van der Waals surface area contributed by atoms with Crippen LogP contribution >= 0.6 is 0 Å². The third-order valence-electron chi connectivity index (χ3n) is 4.30. The number of amides is 1. The second kappa shape index (κ2) is 8.68. The Morgan fingerprint density at radius 3 is 2.18 bits per heavy atom. The van der Waals surface area contributed by atoms with Crippen LogP contribution in [0.4, 0.5) is 20.2 Å². The van der Waals surface area contributed by atoms with Crippen molar-refractivity contribution in [3.63, 3.8) is 0 Å². The second-order valence-corrected chi connectivity index (χ2v) is 8.77. The molecule has 1 amide bonds.